The van der Waals surface area contributed by atoms with Gasteiger partial charge in [-0.1, -0.05) is 30.3 Å². The van der Waals surface area contributed by atoms with Crippen LogP contribution in [0.1, 0.15) is 18.4 Å². The molecule has 0 radical (unpaired) electrons. The minimum atomic E-state index is -0.635. The number of carbonyl (C=O) groups excluding carboxylic acids is 1. The Labute approximate surface area is 140 Å². The summed E-state index contributed by atoms with van der Waals surface area (Å²) in [5.74, 6) is -0.667. The summed E-state index contributed by atoms with van der Waals surface area (Å²) >= 11 is 0. The number of hydrogen-bond donors (Lipinski definition) is 1. The van der Waals surface area contributed by atoms with Gasteiger partial charge in [0.1, 0.15) is 11.6 Å². The summed E-state index contributed by atoms with van der Waals surface area (Å²) in [5.41, 5.74) is 1.19. The van der Waals surface area contributed by atoms with E-state index in [0.29, 0.717) is 19.0 Å². The van der Waals surface area contributed by atoms with Crippen LogP contribution in [0.2, 0.25) is 0 Å². The number of urea groups is 1. The number of hydrogen-bond acceptors (Lipinski definition) is 1. The highest BCUT2D eigenvalue weighted by molar-refractivity contribution is 5.89. The van der Waals surface area contributed by atoms with Gasteiger partial charge in [0.15, 0.2) is 0 Å². The summed E-state index contributed by atoms with van der Waals surface area (Å²) in [6.45, 7) is 1.25. The van der Waals surface area contributed by atoms with E-state index in [2.05, 4.69) is 17.4 Å². The average Bonchev–Trinajstić information content (AvgIpc) is 2.60. The van der Waals surface area contributed by atoms with Crippen LogP contribution in [0.3, 0.4) is 0 Å². The Balaban J connectivity index is 1.52. The summed E-state index contributed by atoms with van der Waals surface area (Å²) < 4.78 is 26.8. The normalized spacial score (nSPS) is 15.3. The summed E-state index contributed by atoms with van der Waals surface area (Å²) in [4.78, 5) is 13.9. The van der Waals surface area contributed by atoms with Gasteiger partial charge in [-0.05, 0) is 42.9 Å². The van der Waals surface area contributed by atoms with Gasteiger partial charge >= 0.3 is 6.03 Å². The van der Waals surface area contributed by atoms with Gasteiger partial charge in [-0.15, -0.1) is 0 Å². The molecular weight excluding hydrogens is 310 g/mol. The minimum Gasteiger partial charge on any atom is -0.325 e. The molecule has 2 aromatic carbocycles. The molecule has 0 spiro atoms. The van der Waals surface area contributed by atoms with E-state index in [1.54, 1.807) is 4.90 Å². The average molecular weight is 330 g/mol. The Kier molecular flexibility index (Phi) is 5.08. The van der Waals surface area contributed by atoms with E-state index in [-0.39, 0.29) is 11.7 Å². The van der Waals surface area contributed by atoms with Gasteiger partial charge in [0.05, 0.1) is 5.69 Å². The Morgan fingerprint density at radius 1 is 1.08 bits per heavy atom. The SMILES string of the molecule is O=C(Nc1cc(F)ccc1F)N1CCC(Cc2ccccc2)CC1. The number of carbonyl (C=O) groups is 1. The highest BCUT2D eigenvalue weighted by Gasteiger charge is 2.23. The number of anilines is 1. The first-order valence-electron chi connectivity index (χ1n) is 8.17. The number of halogens is 2. The van der Waals surface area contributed by atoms with Crippen molar-refractivity contribution >= 4 is 11.7 Å². The lowest BCUT2D eigenvalue weighted by Gasteiger charge is -2.32. The second-order valence-corrected chi connectivity index (χ2v) is 6.17. The number of rotatable bonds is 3. The van der Waals surface area contributed by atoms with Gasteiger partial charge in [0.25, 0.3) is 0 Å². The first kappa shape index (κ1) is 16.4. The topological polar surface area (TPSA) is 32.3 Å². The number of nitrogens with zero attached hydrogens (tertiary/aromatic N) is 1. The Morgan fingerprint density at radius 2 is 1.79 bits per heavy atom. The van der Waals surface area contributed by atoms with Crippen molar-refractivity contribution in [1.29, 1.82) is 0 Å². The largest absolute Gasteiger partial charge is 0.325 e. The molecule has 1 saturated heterocycles. The summed E-state index contributed by atoms with van der Waals surface area (Å²) in [6, 6.07) is 13.0. The molecular formula is C19H20F2N2O. The highest BCUT2D eigenvalue weighted by atomic mass is 19.1. The molecule has 3 rings (SSSR count). The molecule has 0 aromatic heterocycles. The predicted molar refractivity (Wildman–Crippen MR) is 89.8 cm³/mol. The van der Waals surface area contributed by atoms with Crippen molar-refractivity contribution in [2.24, 2.45) is 5.92 Å². The fourth-order valence-electron chi connectivity index (χ4n) is 3.08. The Bertz CT molecular complexity index is 698. The van der Waals surface area contributed by atoms with E-state index >= 15 is 0 Å². The molecule has 0 bridgehead atoms. The van der Waals surface area contributed by atoms with Crippen LogP contribution in [0.15, 0.2) is 48.5 Å². The van der Waals surface area contributed by atoms with Crippen LogP contribution >= 0.6 is 0 Å². The number of likely N-dealkylation sites (tertiary alicyclic amines) is 1. The number of benzene rings is 2. The molecule has 0 atom stereocenters. The smallest absolute Gasteiger partial charge is 0.321 e. The summed E-state index contributed by atoms with van der Waals surface area (Å²) in [6.07, 6.45) is 2.83. The fraction of sp³-hybridized carbons (Fsp3) is 0.316. The molecule has 2 aromatic rings. The summed E-state index contributed by atoms with van der Waals surface area (Å²) in [5, 5.41) is 2.46. The molecule has 1 heterocycles. The molecule has 1 fully saturated rings. The maximum atomic E-state index is 13.6. The first-order valence-corrected chi connectivity index (χ1v) is 8.17. The van der Waals surface area contributed by atoms with E-state index in [1.807, 2.05) is 18.2 Å². The zero-order valence-electron chi connectivity index (χ0n) is 13.3. The maximum absolute atomic E-state index is 13.6. The maximum Gasteiger partial charge on any atom is 0.321 e. The van der Waals surface area contributed by atoms with E-state index in [0.717, 1.165) is 37.5 Å². The van der Waals surface area contributed by atoms with Crippen molar-refractivity contribution in [2.45, 2.75) is 19.3 Å². The van der Waals surface area contributed by atoms with Crippen molar-refractivity contribution in [1.82, 2.24) is 4.90 Å². The van der Waals surface area contributed by atoms with Crippen LogP contribution in [-0.2, 0) is 6.42 Å². The second-order valence-electron chi connectivity index (χ2n) is 6.17. The van der Waals surface area contributed by atoms with Crippen molar-refractivity contribution in [3.8, 4) is 0 Å². The van der Waals surface area contributed by atoms with Gasteiger partial charge in [-0.2, -0.15) is 0 Å². The predicted octanol–water partition coefficient (Wildman–Crippen LogP) is 4.45. The third-order valence-corrected chi connectivity index (χ3v) is 4.44. The Hall–Kier alpha value is -2.43. The monoisotopic (exact) mass is 330 g/mol. The van der Waals surface area contributed by atoms with Gasteiger partial charge in [0, 0.05) is 19.2 Å². The van der Waals surface area contributed by atoms with Crippen molar-refractivity contribution < 1.29 is 13.6 Å². The zero-order chi connectivity index (χ0) is 16.9. The lowest BCUT2D eigenvalue weighted by atomic mass is 9.90. The number of amides is 2. The van der Waals surface area contributed by atoms with Crippen molar-refractivity contribution in [3.63, 3.8) is 0 Å². The first-order chi connectivity index (χ1) is 11.6. The van der Waals surface area contributed by atoms with E-state index in [1.165, 1.54) is 5.56 Å². The van der Waals surface area contributed by atoms with Gasteiger partial charge in [-0.25, -0.2) is 13.6 Å². The fourth-order valence-corrected chi connectivity index (χ4v) is 3.08. The Morgan fingerprint density at radius 3 is 2.50 bits per heavy atom. The van der Waals surface area contributed by atoms with Crippen molar-refractivity contribution in [3.05, 3.63) is 65.7 Å². The molecule has 126 valence electrons. The van der Waals surface area contributed by atoms with Crippen LogP contribution < -0.4 is 5.32 Å². The number of nitrogens with one attached hydrogen (secondary N) is 1. The van der Waals surface area contributed by atoms with Gasteiger partial charge < -0.3 is 10.2 Å². The molecule has 24 heavy (non-hydrogen) atoms. The van der Waals surface area contributed by atoms with Crippen molar-refractivity contribution in [2.75, 3.05) is 18.4 Å². The van der Waals surface area contributed by atoms with Crippen LogP contribution in [-0.4, -0.2) is 24.0 Å². The zero-order valence-corrected chi connectivity index (χ0v) is 13.3. The molecule has 1 N–H and O–H groups in total. The van der Waals surface area contributed by atoms with Crippen LogP contribution in [0.4, 0.5) is 19.3 Å². The third kappa shape index (κ3) is 4.10. The molecule has 0 unspecified atom stereocenters. The third-order valence-electron chi connectivity index (χ3n) is 4.44. The lowest BCUT2D eigenvalue weighted by molar-refractivity contribution is 0.182. The molecule has 1 aliphatic heterocycles. The van der Waals surface area contributed by atoms with Crippen LogP contribution in [0.25, 0.3) is 0 Å². The minimum absolute atomic E-state index is 0.119. The van der Waals surface area contributed by atoms with Crippen LogP contribution in [0, 0.1) is 17.6 Å². The number of piperidine rings is 1. The molecule has 2 amide bonds. The lowest BCUT2D eigenvalue weighted by Crippen LogP contribution is -2.41. The highest BCUT2D eigenvalue weighted by Crippen LogP contribution is 2.23. The van der Waals surface area contributed by atoms with Gasteiger partial charge in [0.2, 0.25) is 0 Å². The summed E-state index contributed by atoms with van der Waals surface area (Å²) in [7, 11) is 0. The molecule has 0 aliphatic carbocycles. The molecule has 3 nitrogen and oxygen atoms in total. The van der Waals surface area contributed by atoms with Crippen LogP contribution in [0.5, 0.6) is 0 Å². The standard InChI is InChI=1S/C19H20F2N2O/c20-16-6-7-17(21)18(13-16)22-19(24)23-10-8-15(9-11-23)12-14-4-2-1-3-5-14/h1-7,13,15H,8-12H2,(H,22,24). The molecule has 0 saturated carbocycles. The molecule has 5 heteroatoms. The van der Waals surface area contributed by atoms with E-state index < -0.39 is 11.6 Å². The second kappa shape index (κ2) is 7.43. The van der Waals surface area contributed by atoms with E-state index in [9.17, 15) is 13.6 Å². The van der Waals surface area contributed by atoms with Gasteiger partial charge in [-0.3, -0.25) is 0 Å². The quantitative estimate of drug-likeness (QED) is 0.886. The van der Waals surface area contributed by atoms with E-state index in [4.69, 9.17) is 0 Å². The molecule has 1 aliphatic rings.